The van der Waals surface area contributed by atoms with Gasteiger partial charge >= 0.3 is 5.97 Å². The zero-order valence-corrected chi connectivity index (χ0v) is 22.1. The van der Waals surface area contributed by atoms with E-state index >= 15 is 0 Å². The second-order valence-corrected chi connectivity index (χ2v) is 12.3. The van der Waals surface area contributed by atoms with Crippen molar-refractivity contribution >= 4 is 92.4 Å². The normalized spacial score (nSPS) is 19.6. The van der Waals surface area contributed by atoms with E-state index in [0.717, 1.165) is 20.7 Å². The molecule has 13 nitrogen and oxygen atoms in total. The van der Waals surface area contributed by atoms with Gasteiger partial charge in [-0.05, 0) is 5.57 Å². The van der Waals surface area contributed by atoms with E-state index in [1.807, 2.05) is 5.38 Å². The van der Waals surface area contributed by atoms with Crippen LogP contribution in [0.5, 0.6) is 0 Å². The second kappa shape index (κ2) is 11.1. The summed E-state index contributed by atoms with van der Waals surface area (Å²) in [6, 6.07) is -0.987. The van der Waals surface area contributed by atoms with E-state index in [1.54, 1.807) is 0 Å². The lowest BCUT2D eigenvalue weighted by Gasteiger charge is -2.49. The number of carbonyl (C=O) groups excluding carboxylic acids is 2. The number of nitrogens with one attached hydrogen (secondary N) is 2. The number of carbonyl (C=O) groups is 3. The molecule has 2 aromatic rings. The number of hydrogen-bond acceptors (Lipinski definition) is 14. The fourth-order valence-electron chi connectivity index (χ4n) is 3.29. The highest BCUT2D eigenvalue weighted by atomic mass is 32.2. The van der Waals surface area contributed by atoms with Crippen molar-refractivity contribution in [2.24, 2.45) is 10.9 Å². The number of thioether (sulfide) groups is 3. The molecule has 2 aromatic heterocycles. The highest BCUT2D eigenvalue weighted by molar-refractivity contribution is 8.02. The van der Waals surface area contributed by atoms with E-state index in [1.165, 1.54) is 56.9 Å². The molecule has 1 fully saturated rings. The molecule has 8 N–H and O–H groups in total. The first-order valence-electron chi connectivity index (χ1n) is 9.88. The molecule has 36 heavy (non-hydrogen) atoms. The number of hydrogen-bond donors (Lipinski definition) is 6. The van der Waals surface area contributed by atoms with Crippen molar-refractivity contribution in [3.8, 4) is 0 Å². The van der Waals surface area contributed by atoms with Gasteiger partial charge < -0.3 is 27.1 Å². The quantitative estimate of drug-likeness (QED) is 0.0571. The van der Waals surface area contributed by atoms with Gasteiger partial charge in [0.05, 0.1) is 5.75 Å². The van der Waals surface area contributed by atoms with E-state index < -0.39 is 34.9 Å². The molecule has 2 aliphatic heterocycles. The number of oxime groups is 1. The smallest absolute Gasteiger partial charge is 0.352 e. The van der Waals surface area contributed by atoms with Gasteiger partial charge in [-0.15, -0.1) is 34.4 Å². The third kappa shape index (κ3) is 5.46. The monoisotopic (exact) mass is 586 g/mol. The zero-order valence-electron chi connectivity index (χ0n) is 18.0. The van der Waals surface area contributed by atoms with E-state index in [2.05, 4.69) is 20.4 Å². The maximum atomic E-state index is 12.9. The summed E-state index contributed by atoms with van der Waals surface area (Å²) in [4.78, 5) is 47.0. The molecule has 0 bridgehead atoms. The van der Waals surface area contributed by atoms with E-state index in [9.17, 15) is 24.7 Å². The maximum Gasteiger partial charge on any atom is 0.352 e. The number of rotatable bonds is 10. The molecule has 2 aliphatic rings. The number of aliphatic carboxylic acids is 1. The van der Waals surface area contributed by atoms with Gasteiger partial charge in [0.25, 0.3) is 11.8 Å². The van der Waals surface area contributed by atoms with E-state index in [4.69, 9.17) is 16.9 Å². The van der Waals surface area contributed by atoms with Crippen molar-refractivity contribution < 1.29 is 24.7 Å². The van der Waals surface area contributed by atoms with Gasteiger partial charge in [-0.2, -0.15) is 0 Å². The fraction of sp³-hybridized carbons (Fsp3) is 0.278. The molecule has 2 amide bonds. The van der Waals surface area contributed by atoms with Gasteiger partial charge in [-0.1, -0.05) is 28.7 Å². The highest BCUT2D eigenvalue weighted by Crippen LogP contribution is 2.42. The number of carboxylic acid groups (broad SMARTS) is 1. The van der Waals surface area contributed by atoms with Crippen LogP contribution in [0.15, 0.2) is 36.6 Å². The van der Waals surface area contributed by atoms with Crippen molar-refractivity contribution in [3.05, 3.63) is 27.7 Å². The number of nitrogen functional groups attached to an aromatic ring is 1. The van der Waals surface area contributed by atoms with Crippen LogP contribution in [0.25, 0.3) is 0 Å². The minimum atomic E-state index is -1.23. The Morgan fingerprint density at radius 2 is 2.08 bits per heavy atom. The Labute approximate surface area is 224 Å². The second-order valence-electron chi connectivity index (χ2n) is 7.19. The average molecular weight is 587 g/mol. The predicted molar refractivity (Wildman–Crippen MR) is 140 cm³/mol. The van der Waals surface area contributed by atoms with Crippen LogP contribution >= 0.6 is 58.0 Å². The Kier molecular flexibility index (Phi) is 8.08. The Morgan fingerprint density at radius 3 is 2.72 bits per heavy atom. The number of carboxylic acids is 1. The van der Waals surface area contributed by atoms with Gasteiger partial charge in [0.2, 0.25) is 0 Å². The number of amides is 2. The van der Waals surface area contributed by atoms with Gasteiger partial charge in [0, 0.05) is 22.3 Å². The van der Waals surface area contributed by atoms with Gasteiger partial charge in [0.15, 0.2) is 15.2 Å². The molecule has 4 rings (SSSR count). The summed E-state index contributed by atoms with van der Waals surface area (Å²) < 4.78 is 0.726. The van der Waals surface area contributed by atoms with Crippen LogP contribution in [0, 0.1) is 5.41 Å². The predicted octanol–water partition coefficient (Wildman–Crippen LogP) is 0.919. The van der Waals surface area contributed by atoms with Gasteiger partial charge in [-0.25, -0.2) is 14.8 Å². The highest BCUT2D eigenvalue weighted by Gasteiger charge is 2.54. The van der Waals surface area contributed by atoms with Crippen LogP contribution in [-0.4, -0.2) is 83.2 Å². The number of nitrogens with zero attached hydrogens (tertiary/aromatic N) is 4. The minimum Gasteiger partial charge on any atom is -0.477 e. The number of nitrogens with two attached hydrogens (primary N) is 2. The van der Waals surface area contributed by atoms with Crippen LogP contribution in [-0.2, 0) is 14.4 Å². The third-order valence-electron chi connectivity index (χ3n) is 4.82. The van der Waals surface area contributed by atoms with Crippen molar-refractivity contribution in [1.82, 2.24) is 20.2 Å². The molecule has 2 atom stereocenters. The molecule has 0 unspecified atom stereocenters. The Hall–Kier alpha value is -2.80. The van der Waals surface area contributed by atoms with Crippen molar-refractivity contribution in [1.29, 1.82) is 5.41 Å². The minimum absolute atomic E-state index is 0.0497. The summed E-state index contributed by atoms with van der Waals surface area (Å²) >= 11 is 6.48. The number of aromatic nitrogens is 2. The van der Waals surface area contributed by atoms with Crippen molar-refractivity contribution in [2.45, 2.75) is 20.8 Å². The number of fused-ring (bicyclic) bond motifs is 1. The standard InChI is InChI=1S/C18H18N8O5S5/c19-8(20)4-32-9-5-36-18(23-9)35-2-6-1-33-15-11(14(28)26(15)12(6)16(29)30)24-13(27)10(25-31)7-3-34-17(21)22-7/h3,5,11,15,31H,1-2,4H2,(H3,19,20)(H2,21,22)(H,24,27)(H,29,30)/b25-10-/t11-,15-/m1/s1. The Morgan fingerprint density at radius 1 is 1.31 bits per heavy atom. The molecular weight excluding hydrogens is 569 g/mol. The molecule has 4 heterocycles. The van der Waals surface area contributed by atoms with Crippen molar-refractivity contribution in [2.75, 3.05) is 23.0 Å². The van der Waals surface area contributed by atoms with Crippen LogP contribution < -0.4 is 16.8 Å². The summed E-state index contributed by atoms with van der Waals surface area (Å²) in [6.45, 7) is 0. The summed E-state index contributed by atoms with van der Waals surface area (Å²) in [5.74, 6) is -1.60. The average Bonchev–Trinajstić information content (AvgIpc) is 3.48. The summed E-state index contributed by atoms with van der Waals surface area (Å²) in [7, 11) is 0. The van der Waals surface area contributed by atoms with Crippen LogP contribution in [0.4, 0.5) is 5.13 Å². The molecule has 1 saturated heterocycles. The SMILES string of the molecule is N=C(N)CSc1csc(SCC2=C(C(=O)O)N3C(=O)[C@@H](NC(=O)/C(=N\O)c4csc(N)n4)[C@H]3SC2)n1. The zero-order chi connectivity index (χ0) is 26.0. The largest absolute Gasteiger partial charge is 0.477 e. The molecular formula is C18H18N8O5S5. The summed E-state index contributed by atoms with van der Waals surface area (Å²) in [5, 5.41) is 35.4. The van der Waals surface area contributed by atoms with Crippen LogP contribution in [0.3, 0.4) is 0 Å². The lowest BCUT2D eigenvalue weighted by Crippen LogP contribution is -2.71. The van der Waals surface area contributed by atoms with Gasteiger partial charge in [0.1, 0.15) is 33.7 Å². The lowest BCUT2D eigenvalue weighted by atomic mass is 10.0. The first-order valence-corrected chi connectivity index (χ1v) is 14.7. The number of amidine groups is 1. The number of thiazole rings is 2. The molecule has 0 saturated carbocycles. The van der Waals surface area contributed by atoms with Crippen LogP contribution in [0.1, 0.15) is 5.69 Å². The maximum absolute atomic E-state index is 12.9. The van der Waals surface area contributed by atoms with Gasteiger partial charge in [-0.3, -0.25) is 19.9 Å². The number of anilines is 1. The Bertz CT molecular complexity index is 1290. The third-order valence-corrected chi connectivity index (χ3v) is 10.1. The molecule has 18 heteroatoms. The number of β-lactam (4-membered cyclic amide) rings is 1. The first kappa shape index (κ1) is 26.3. The fourth-order valence-corrected chi connectivity index (χ4v) is 8.00. The van der Waals surface area contributed by atoms with Crippen LogP contribution in [0.2, 0.25) is 0 Å². The molecule has 0 aliphatic carbocycles. The topological polar surface area (TPSA) is 221 Å². The molecule has 0 aromatic carbocycles. The lowest BCUT2D eigenvalue weighted by molar-refractivity contribution is -0.150. The molecule has 0 radical (unpaired) electrons. The van der Waals surface area contributed by atoms with Crippen molar-refractivity contribution in [3.63, 3.8) is 0 Å². The molecule has 0 spiro atoms. The first-order chi connectivity index (χ1) is 17.2. The Balaban J connectivity index is 1.42. The summed E-state index contributed by atoms with van der Waals surface area (Å²) in [5.41, 5.74) is 11.0. The van der Waals surface area contributed by atoms with E-state index in [0.29, 0.717) is 22.8 Å². The summed E-state index contributed by atoms with van der Waals surface area (Å²) in [6.07, 6.45) is 0. The van der Waals surface area contributed by atoms with E-state index in [-0.39, 0.29) is 22.4 Å². The molecule has 190 valence electrons.